The van der Waals surface area contributed by atoms with Crippen LogP contribution in [-0.4, -0.2) is 76.8 Å². The molecule has 0 radical (unpaired) electrons. The Morgan fingerprint density at radius 3 is 2.62 bits per heavy atom. The van der Waals surface area contributed by atoms with E-state index in [0.29, 0.717) is 11.9 Å². The molecule has 0 bridgehead atoms. The highest BCUT2D eigenvalue weighted by molar-refractivity contribution is 14.0. The predicted octanol–water partition coefficient (Wildman–Crippen LogP) is 2.18. The largest absolute Gasteiger partial charge is 0.381 e. The van der Waals surface area contributed by atoms with E-state index < -0.39 is 0 Å². The highest BCUT2D eigenvalue weighted by Gasteiger charge is 2.16. The van der Waals surface area contributed by atoms with Gasteiger partial charge in [0.1, 0.15) is 6.54 Å². The summed E-state index contributed by atoms with van der Waals surface area (Å²) in [6, 6.07) is 10.5. The lowest BCUT2D eigenvalue weighted by Gasteiger charge is -2.23. The first-order valence-electron chi connectivity index (χ1n) is 10.2. The average Bonchev–Trinajstić information content (AvgIpc) is 3.23. The molecular formula is C21H36IN5O2. The minimum absolute atomic E-state index is 0. The zero-order valence-electron chi connectivity index (χ0n) is 17.9. The van der Waals surface area contributed by atoms with Crippen LogP contribution in [0.15, 0.2) is 35.3 Å². The van der Waals surface area contributed by atoms with E-state index in [-0.39, 0.29) is 36.4 Å². The molecule has 1 aromatic carbocycles. The monoisotopic (exact) mass is 517 g/mol. The number of benzene rings is 1. The van der Waals surface area contributed by atoms with Crippen molar-refractivity contribution in [1.29, 1.82) is 0 Å². The normalized spacial score (nSPS) is 16.1. The van der Waals surface area contributed by atoms with Crippen LogP contribution in [-0.2, 0) is 9.53 Å². The molecule has 1 fully saturated rings. The molecule has 7 nitrogen and oxygen atoms in total. The summed E-state index contributed by atoms with van der Waals surface area (Å²) >= 11 is 0. The van der Waals surface area contributed by atoms with Crippen LogP contribution in [0.4, 0.5) is 5.69 Å². The summed E-state index contributed by atoms with van der Waals surface area (Å²) in [4.78, 5) is 20.2. The minimum atomic E-state index is -0.00784. The van der Waals surface area contributed by atoms with Gasteiger partial charge in [-0.2, -0.15) is 0 Å². The van der Waals surface area contributed by atoms with Gasteiger partial charge in [-0.15, -0.1) is 24.0 Å². The summed E-state index contributed by atoms with van der Waals surface area (Å²) in [5.74, 6) is 1.20. The number of likely N-dealkylation sites (N-methyl/N-ethyl adjacent to an activating group) is 1. The number of carbonyl (C=O) groups excluding carboxylic acids is 1. The van der Waals surface area contributed by atoms with E-state index in [4.69, 9.17) is 4.74 Å². The van der Waals surface area contributed by atoms with Crippen molar-refractivity contribution in [3.8, 4) is 0 Å². The molecule has 29 heavy (non-hydrogen) atoms. The standard InChI is InChI=1S/C21H35N5O2.HI/c1-4-26(19-9-6-5-7-10-19)13-8-12-22-21(24-16-20(27)25(2)3)23-15-18-11-14-28-17-18;/h5-7,9-10,18H,4,8,11-17H2,1-3H3,(H2,22,23,24);1H. The lowest BCUT2D eigenvalue weighted by molar-refractivity contribution is -0.127. The van der Waals surface area contributed by atoms with Crippen LogP contribution in [0.5, 0.6) is 0 Å². The number of amides is 1. The molecule has 1 atom stereocenters. The van der Waals surface area contributed by atoms with Gasteiger partial charge in [-0.1, -0.05) is 18.2 Å². The van der Waals surface area contributed by atoms with Gasteiger partial charge in [0.05, 0.1) is 6.61 Å². The molecule has 1 aromatic rings. The Bertz CT molecular complexity index is 606. The van der Waals surface area contributed by atoms with Crippen LogP contribution in [0.25, 0.3) is 0 Å². The van der Waals surface area contributed by atoms with Gasteiger partial charge in [-0.25, -0.2) is 4.99 Å². The topological polar surface area (TPSA) is 69.2 Å². The van der Waals surface area contributed by atoms with Crippen LogP contribution >= 0.6 is 24.0 Å². The van der Waals surface area contributed by atoms with E-state index in [2.05, 4.69) is 51.7 Å². The second-order valence-electron chi connectivity index (χ2n) is 7.26. The molecule has 1 saturated heterocycles. The van der Waals surface area contributed by atoms with Crippen molar-refractivity contribution in [2.45, 2.75) is 19.8 Å². The van der Waals surface area contributed by atoms with Crippen LogP contribution in [0.3, 0.4) is 0 Å². The zero-order chi connectivity index (χ0) is 20.2. The van der Waals surface area contributed by atoms with Crippen molar-refractivity contribution < 1.29 is 9.53 Å². The Balaban J connectivity index is 0.00000420. The van der Waals surface area contributed by atoms with Crippen molar-refractivity contribution in [2.75, 3.05) is 64.9 Å². The van der Waals surface area contributed by atoms with Gasteiger partial charge in [0.15, 0.2) is 5.96 Å². The van der Waals surface area contributed by atoms with Gasteiger partial charge < -0.3 is 25.2 Å². The number of carbonyl (C=O) groups is 1. The van der Waals surface area contributed by atoms with E-state index >= 15 is 0 Å². The number of rotatable bonds is 10. The van der Waals surface area contributed by atoms with Crippen LogP contribution in [0, 0.1) is 5.92 Å². The van der Waals surface area contributed by atoms with Crippen LogP contribution in [0.2, 0.25) is 0 Å². The van der Waals surface area contributed by atoms with E-state index in [1.807, 2.05) is 6.07 Å². The van der Waals surface area contributed by atoms with Crippen molar-refractivity contribution >= 4 is 41.5 Å². The van der Waals surface area contributed by atoms with Gasteiger partial charge in [0.2, 0.25) is 5.91 Å². The number of anilines is 1. The highest BCUT2D eigenvalue weighted by Crippen LogP contribution is 2.13. The molecule has 1 aliphatic heterocycles. The third-order valence-electron chi connectivity index (χ3n) is 4.85. The van der Waals surface area contributed by atoms with Crippen molar-refractivity contribution in [3.05, 3.63) is 30.3 Å². The van der Waals surface area contributed by atoms with E-state index in [0.717, 1.165) is 52.2 Å². The van der Waals surface area contributed by atoms with Crippen molar-refractivity contribution in [1.82, 2.24) is 15.5 Å². The van der Waals surface area contributed by atoms with E-state index in [1.54, 1.807) is 19.0 Å². The lowest BCUT2D eigenvalue weighted by atomic mass is 10.1. The first-order valence-corrected chi connectivity index (χ1v) is 10.2. The molecule has 1 amide bonds. The summed E-state index contributed by atoms with van der Waals surface area (Å²) in [5.41, 5.74) is 1.25. The second kappa shape index (κ2) is 14.4. The number of aliphatic imine (C=N–C) groups is 1. The molecule has 1 heterocycles. The fourth-order valence-electron chi connectivity index (χ4n) is 3.03. The lowest BCUT2D eigenvalue weighted by Crippen LogP contribution is -2.42. The Kier molecular flexibility index (Phi) is 12.7. The van der Waals surface area contributed by atoms with Crippen molar-refractivity contribution in [3.63, 3.8) is 0 Å². The Labute approximate surface area is 192 Å². The van der Waals surface area contributed by atoms with Crippen LogP contribution < -0.4 is 15.5 Å². The number of nitrogens with one attached hydrogen (secondary N) is 2. The summed E-state index contributed by atoms with van der Waals surface area (Å²) in [7, 11) is 3.49. The summed E-state index contributed by atoms with van der Waals surface area (Å²) in [6.45, 7) is 7.49. The van der Waals surface area contributed by atoms with Crippen molar-refractivity contribution in [2.24, 2.45) is 10.9 Å². The molecule has 0 aliphatic carbocycles. The Morgan fingerprint density at radius 1 is 1.24 bits per heavy atom. The number of guanidine groups is 1. The third kappa shape index (κ3) is 9.66. The van der Waals surface area contributed by atoms with Gasteiger partial charge in [-0.3, -0.25) is 4.79 Å². The SMILES string of the molecule is CCN(CCCNC(=NCC(=O)N(C)C)NCC1CCOC1)c1ccccc1.I. The summed E-state index contributed by atoms with van der Waals surface area (Å²) in [5, 5.41) is 6.73. The third-order valence-corrected chi connectivity index (χ3v) is 4.85. The molecule has 8 heteroatoms. The first kappa shape index (κ1) is 25.5. The quantitative estimate of drug-likeness (QED) is 0.216. The fraction of sp³-hybridized carbons (Fsp3) is 0.619. The minimum Gasteiger partial charge on any atom is -0.381 e. The molecule has 1 unspecified atom stereocenters. The van der Waals surface area contributed by atoms with Gasteiger partial charge in [-0.05, 0) is 31.9 Å². The predicted molar refractivity (Wildman–Crippen MR) is 130 cm³/mol. The zero-order valence-corrected chi connectivity index (χ0v) is 20.2. The number of para-hydroxylation sites is 1. The average molecular weight is 517 g/mol. The molecule has 2 N–H and O–H groups in total. The maximum Gasteiger partial charge on any atom is 0.243 e. The first-order chi connectivity index (χ1) is 13.6. The smallest absolute Gasteiger partial charge is 0.243 e. The number of hydrogen-bond acceptors (Lipinski definition) is 4. The second-order valence-corrected chi connectivity index (χ2v) is 7.26. The summed E-state index contributed by atoms with van der Waals surface area (Å²) < 4.78 is 5.43. The van der Waals surface area contributed by atoms with E-state index in [1.165, 1.54) is 5.69 Å². The van der Waals surface area contributed by atoms with Crippen LogP contribution in [0.1, 0.15) is 19.8 Å². The van der Waals surface area contributed by atoms with E-state index in [9.17, 15) is 4.79 Å². The molecule has 0 aromatic heterocycles. The number of halogens is 1. The fourth-order valence-corrected chi connectivity index (χ4v) is 3.03. The van der Waals surface area contributed by atoms with Gasteiger partial charge >= 0.3 is 0 Å². The Morgan fingerprint density at radius 2 is 2.00 bits per heavy atom. The molecule has 164 valence electrons. The highest BCUT2D eigenvalue weighted by atomic mass is 127. The maximum atomic E-state index is 11.9. The number of hydrogen-bond donors (Lipinski definition) is 2. The maximum absolute atomic E-state index is 11.9. The molecule has 2 rings (SSSR count). The summed E-state index contributed by atoms with van der Waals surface area (Å²) in [6.07, 6.45) is 2.05. The number of nitrogens with zero attached hydrogens (tertiary/aromatic N) is 3. The molecule has 0 saturated carbocycles. The molecular weight excluding hydrogens is 481 g/mol. The van der Waals surface area contributed by atoms with Gasteiger partial charge in [0.25, 0.3) is 0 Å². The number of ether oxygens (including phenoxy) is 1. The van der Waals surface area contributed by atoms with Gasteiger partial charge in [0, 0.05) is 58.5 Å². The molecule has 1 aliphatic rings. The Hall–Kier alpha value is -1.55. The molecule has 0 spiro atoms.